The summed E-state index contributed by atoms with van der Waals surface area (Å²) in [6.45, 7) is 4.33. The molecule has 0 bridgehead atoms. The van der Waals surface area contributed by atoms with Gasteiger partial charge in [0, 0.05) is 4.47 Å². The fourth-order valence-electron chi connectivity index (χ4n) is 2.44. The minimum atomic E-state index is -0.297. The minimum absolute atomic E-state index is 0.0698. The van der Waals surface area contributed by atoms with Crippen LogP contribution in [0, 0.1) is 0 Å². The van der Waals surface area contributed by atoms with Crippen LogP contribution in [0.4, 0.5) is 0 Å². The Morgan fingerprint density at radius 1 is 1.28 bits per heavy atom. The van der Waals surface area contributed by atoms with Gasteiger partial charge < -0.3 is 4.74 Å². The maximum absolute atomic E-state index is 11.8. The highest BCUT2D eigenvalue weighted by molar-refractivity contribution is 9.10. The lowest BCUT2D eigenvalue weighted by molar-refractivity contribution is -0.123. The molecule has 0 saturated heterocycles. The van der Waals surface area contributed by atoms with E-state index in [9.17, 15) is 4.79 Å². The van der Waals surface area contributed by atoms with Gasteiger partial charge in [-0.2, -0.15) is 5.10 Å². The summed E-state index contributed by atoms with van der Waals surface area (Å²) in [4.78, 5) is 11.8. The van der Waals surface area contributed by atoms with Crippen molar-refractivity contribution in [3.8, 4) is 5.75 Å². The van der Waals surface area contributed by atoms with Crippen LogP contribution in [0.1, 0.15) is 43.7 Å². The maximum atomic E-state index is 11.8. The SMILES string of the molecule is CCCC(C)c1ccc(OCC(=O)N/N=C/c2cccc(Br)c2)cc1. The highest BCUT2D eigenvalue weighted by Crippen LogP contribution is 2.22. The molecule has 2 aromatic carbocycles. The molecule has 0 saturated carbocycles. The van der Waals surface area contributed by atoms with Crippen molar-refractivity contribution in [2.75, 3.05) is 6.61 Å². The number of benzene rings is 2. The molecule has 0 aliphatic heterocycles. The lowest BCUT2D eigenvalue weighted by atomic mass is 9.97. The first kappa shape index (κ1) is 19.2. The fourth-order valence-corrected chi connectivity index (χ4v) is 2.86. The van der Waals surface area contributed by atoms with Gasteiger partial charge in [-0.3, -0.25) is 4.79 Å². The second kappa shape index (κ2) is 9.99. The number of carbonyl (C=O) groups is 1. The molecule has 1 N–H and O–H groups in total. The number of carbonyl (C=O) groups excluding carboxylic acids is 1. The summed E-state index contributed by atoms with van der Waals surface area (Å²) in [7, 11) is 0. The molecular weight excluding hydrogens is 380 g/mol. The molecule has 1 amide bonds. The van der Waals surface area contributed by atoms with E-state index in [2.05, 4.69) is 52.4 Å². The molecule has 4 nitrogen and oxygen atoms in total. The summed E-state index contributed by atoms with van der Waals surface area (Å²) >= 11 is 3.39. The maximum Gasteiger partial charge on any atom is 0.277 e. The molecule has 2 rings (SSSR count). The van der Waals surface area contributed by atoms with Crippen molar-refractivity contribution in [2.24, 2.45) is 5.10 Å². The Morgan fingerprint density at radius 3 is 2.72 bits per heavy atom. The van der Waals surface area contributed by atoms with Crippen molar-refractivity contribution in [2.45, 2.75) is 32.6 Å². The highest BCUT2D eigenvalue weighted by Gasteiger charge is 2.05. The van der Waals surface area contributed by atoms with Gasteiger partial charge >= 0.3 is 0 Å². The van der Waals surface area contributed by atoms with E-state index in [1.807, 2.05) is 36.4 Å². The third-order valence-corrected chi connectivity index (χ3v) is 4.29. The topological polar surface area (TPSA) is 50.7 Å². The van der Waals surface area contributed by atoms with Crippen LogP contribution >= 0.6 is 15.9 Å². The van der Waals surface area contributed by atoms with Crippen molar-refractivity contribution in [1.29, 1.82) is 0 Å². The Labute approximate surface area is 157 Å². The standard InChI is InChI=1S/C20H23BrN2O2/c1-3-5-15(2)17-8-10-19(11-9-17)25-14-20(24)23-22-13-16-6-4-7-18(21)12-16/h4,6-13,15H,3,5,14H2,1-2H3,(H,23,24)/b22-13+. The van der Waals surface area contributed by atoms with Gasteiger partial charge in [0.2, 0.25) is 0 Å². The summed E-state index contributed by atoms with van der Waals surface area (Å²) in [5.74, 6) is 0.919. The predicted molar refractivity (Wildman–Crippen MR) is 105 cm³/mol. The summed E-state index contributed by atoms with van der Waals surface area (Å²) in [6, 6.07) is 15.6. The predicted octanol–water partition coefficient (Wildman–Crippen LogP) is 4.88. The monoisotopic (exact) mass is 402 g/mol. The fraction of sp³-hybridized carbons (Fsp3) is 0.300. The Hall–Kier alpha value is -2.14. The molecule has 0 radical (unpaired) electrons. The van der Waals surface area contributed by atoms with Crippen molar-refractivity contribution < 1.29 is 9.53 Å². The molecule has 0 aromatic heterocycles. The highest BCUT2D eigenvalue weighted by atomic mass is 79.9. The lowest BCUT2D eigenvalue weighted by Crippen LogP contribution is -2.24. The average Bonchev–Trinajstić information content (AvgIpc) is 2.61. The number of nitrogens with one attached hydrogen (secondary N) is 1. The molecule has 5 heteroatoms. The number of hydrazone groups is 1. The molecule has 0 aliphatic rings. The number of nitrogens with zero attached hydrogens (tertiary/aromatic N) is 1. The van der Waals surface area contributed by atoms with Crippen LogP contribution in [-0.2, 0) is 4.79 Å². The Kier molecular flexibility index (Phi) is 7.67. The summed E-state index contributed by atoms with van der Waals surface area (Å²) in [5.41, 5.74) is 4.64. The number of rotatable bonds is 8. The number of halogens is 1. The third kappa shape index (κ3) is 6.70. The Balaban J connectivity index is 1.78. The van der Waals surface area contributed by atoms with Crippen molar-refractivity contribution >= 4 is 28.1 Å². The van der Waals surface area contributed by atoms with Crippen LogP contribution in [0.25, 0.3) is 0 Å². The summed E-state index contributed by atoms with van der Waals surface area (Å²) in [5, 5.41) is 3.93. The van der Waals surface area contributed by atoms with Crippen molar-refractivity contribution in [3.05, 3.63) is 64.1 Å². The molecule has 0 heterocycles. The first-order chi connectivity index (χ1) is 12.1. The molecule has 0 spiro atoms. The third-order valence-electron chi connectivity index (χ3n) is 3.79. The van der Waals surface area contributed by atoms with E-state index in [0.29, 0.717) is 11.7 Å². The normalized spacial score (nSPS) is 12.1. The number of hydrogen-bond acceptors (Lipinski definition) is 3. The molecule has 1 unspecified atom stereocenters. The zero-order chi connectivity index (χ0) is 18.1. The average molecular weight is 403 g/mol. The van der Waals surface area contributed by atoms with E-state index in [1.54, 1.807) is 6.21 Å². The quantitative estimate of drug-likeness (QED) is 0.505. The van der Waals surface area contributed by atoms with Gasteiger partial charge in [-0.1, -0.05) is 60.5 Å². The van der Waals surface area contributed by atoms with E-state index in [-0.39, 0.29) is 12.5 Å². The summed E-state index contributed by atoms with van der Waals surface area (Å²) in [6.07, 6.45) is 3.92. The van der Waals surface area contributed by atoms with Gasteiger partial charge in [-0.15, -0.1) is 0 Å². The van der Waals surface area contributed by atoms with E-state index in [1.165, 1.54) is 18.4 Å². The lowest BCUT2D eigenvalue weighted by Gasteiger charge is -2.11. The zero-order valence-electron chi connectivity index (χ0n) is 14.5. The van der Waals surface area contributed by atoms with Gasteiger partial charge in [0.25, 0.3) is 5.91 Å². The first-order valence-corrected chi connectivity index (χ1v) is 9.18. The first-order valence-electron chi connectivity index (χ1n) is 8.38. The molecule has 1 atom stereocenters. The van der Waals surface area contributed by atoms with Crippen LogP contribution < -0.4 is 10.2 Å². The van der Waals surface area contributed by atoms with Gasteiger partial charge in [0.05, 0.1) is 6.21 Å². The second-order valence-electron chi connectivity index (χ2n) is 5.90. The minimum Gasteiger partial charge on any atom is -0.484 e. The van der Waals surface area contributed by atoms with Crippen LogP contribution in [0.15, 0.2) is 58.1 Å². The van der Waals surface area contributed by atoms with E-state index in [4.69, 9.17) is 4.74 Å². The van der Waals surface area contributed by atoms with E-state index in [0.717, 1.165) is 10.0 Å². The van der Waals surface area contributed by atoms with Crippen LogP contribution in [0.3, 0.4) is 0 Å². The van der Waals surface area contributed by atoms with Crippen LogP contribution in [-0.4, -0.2) is 18.7 Å². The number of ether oxygens (including phenoxy) is 1. The number of hydrogen-bond donors (Lipinski definition) is 1. The Morgan fingerprint density at radius 2 is 2.04 bits per heavy atom. The summed E-state index contributed by atoms with van der Waals surface area (Å²) < 4.78 is 6.45. The van der Waals surface area contributed by atoms with E-state index >= 15 is 0 Å². The van der Waals surface area contributed by atoms with Crippen LogP contribution in [0.2, 0.25) is 0 Å². The van der Waals surface area contributed by atoms with Crippen molar-refractivity contribution in [1.82, 2.24) is 5.43 Å². The smallest absolute Gasteiger partial charge is 0.277 e. The molecule has 0 fully saturated rings. The Bertz CT molecular complexity index is 714. The molecular formula is C20H23BrN2O2. The number of amides is 1. The molecule has 2 aromatic rings. The second-order valence-corrected chi connectivity index (χ2v) is 6.81. The van der Waals surface area contributed by atoms with Gasteiger partial charge in [-0.25, -0.2) is 5.43 Å². The van der Waals surface area contributed by atoms with E-state index < -0.39 is 0 Å². The molecule has 25 heavy (non-hydrogen) atoms. The largest absolute Gasteiger partial charge is 0.484 e. The zero-order valence-corrected chi connectivity index (χ0v) is 16.1. The van der Waals surface area contributed by atoms with Gasteiger partial charge in [-0.05, 0) is 47.7 Å². The molecule has 132 valence electrons. The van der Waals surface area contributed by atoms with Crippen LogP contribution in [0.5, 0.6) is 5.75 Å². The van der Waals surface area contributed by atoms with Crippen molar-refractivity contribution in [3.63, 3.8) is 0 Å². The molecule has 0 aliphatic carbocycles. The van der Waals surface area contributed by atoms with Gasteiger partial charge in [0.1, 0.15) is 5.75 Å². The van der Waals surface area contributed by atoms with Gasteiger partial charge in [0.15, 0.2) is 6.61 Å².